The molecule has 1 saturated heterocycles. The van der Waals surface area contributed by atoms with Crippen LogP contribution >= 0.6 is 0 Å². The van der Waals surface area contributed by atoms with Gasteiger partial charge in [-0.1, -0.05) is 19.3 Å². The van der Waals surface area contributed by atoms with E-state index in [2.05, 4.69) is 10.6 Å². The molecule has 0 radical (unpaired) electrons. The summed E-state index contributed by atoms with van der Waals surface area (Å²) in [7, 11) is 0. The highest BCUT2D eigenvalue weighted by Crippen LogP contribution is 2.23. The predicted octanol–water partition coefficient (Wildman–Crippen LogP) is 2.22. The molecule has 0 aromatic heterocycles. The Kier molecular flexibility index (Phi) is 5.30. The smallest absolute Gasteiger partial charge is 0.220 e. The number of nitrogens with one attached hydrogen (secondary N) is 2. The molecular formula is C14H26N2O. The zero-order valence-corrected chi connectivity index (χ0v) is 10.8. The Morgan fingerprint density at radius 3 is 2.59 bits per heavy atom. The Bertz CT molecular complexity index is 230. The van der Waals surface area contributed by atoms with Crippen LogP contribution in [0.15, 0.2) is 0 Å². The molecule has 1 saturated carbocycles. The van der Waals surface area contributed by atoms with Crippen LogP contribution in [0, 0.1) is 5.92 Å². The van der Waals surface area contributed by atoms with Crippen molar-refractivity contribution in [1.82, 2.24) is 10.6 Å². The van der Waals surface area contributed by atoms with Crippen molar-refractivity contribution in [2.45, 2.75) is 63.8 Å². The zero-order valence-electron chi connectivity index (χ0n) is 10.8. The van der Waals surface area contributed by atoms with Crippen LogP contribution in [-0.2, 0) is 4.79 Å². The number of carbonyl (C=O) groups is 1. The lowest BCUT2D eigenvalue weighted by Gasteiger charge is -2.23. The van der Waals surface area contributed by atoms with Crippen molar-refractivity contribution < 1.29 is 4.79 Å². The monoisotopic (exact) mass is 238 g/mol. The van der Waals surface area contributed by atoms with Crippen LogP contribution in [0.5, 0.6) is 0 Å². The van der Waals surface area contributed by atoms with Crippen molar-refractivity contribution in [3.63, 3.8) is 0 Å². The molecule has 0 bridgehead atoms. The van der Waals surface area contributed by atoms with Gasteiger partial charge in [-0.15, -0.1) is 0 Å². The minimum atomic E-state index is 0.254. The number of rotatable bonds is 5. The quantitative estimate of drug-likeness (QED) is 0.771. The van der Waals surface area contributed by atoms with Crippen LogP contribution in [0.2, 0.25) is 0 Å². The summed E-state index contributed by atoms with van der Waals surface area (Å²) >= 11 is 0. The van der Waals surface area contributed by atoms with E-state index < -0.39 is 0 Å². The summed E-state index contributed by atoms with van der Waals surface area (Å²) in [5.74, 6) is 1.01. The highest BCUT2D eigenvalue weighted by molar-refractivity contribution is 5.75. The fourth-order valence-electron chi connectivity index (χ4n) is 3.04. The SMILES string of the molecule is O=C(CCC1CCCCN1)NCC1CCCC1. The van der Waals surface area contributed by atoms with Gasteiger partial charge in [0.1, 0.15) is 0 Å². The van der Waals surface area contributed by atoms with E-state index in [1.807, 2.05) is 0 Å². The van der Waals surface area contributed by atoms with Gasteiger partial charge in [0.05, 0.1) is 0 Å². The highest BCUT2D eigenvalue weighted by atomic mass is 16.1. The van der Waals surface area contributed by atoms with Gasteiger partial charge in [0.2, 0.25) is 5.91 Å². The molecule has 3 nitrogen and oxygen atoms in total. The summed E-state index contributed by atoms with van der Waals surface area (Å²) in [5.41, 5.74) is 0. The molecule has 0 aromatic rings. The molecule has 2 N–H and O–H groups in total. The molecule has 1 amide bonds. The maximum Gasteiger partial charge on any atom is 0.220 e. The summed E-state index contributed by atoms with van der Waals surface area (Å²) in [6.07, 6.45) is 10.9. The average Bonchev–Trinajstić information content (AvgIpc) is 2.88. The van der Waals surface area contributed by atoms with Crippen LogP contribution in [0.25, 0.3) is 0 Å². The summed E-state index contributed by atoms with van der Waals surface area (Å²) in [4.78, 5) is 11.7. The minimum absolute atomic E-state index is 0.254. The third-order valence-electron chi connectivity index (χ3n) is 4.19. The lowest BCUT2D eigenvalue weighted by atomic mass is 10.0. The van der Waals surface area contributed by atoms with Gasteiger partial charge in [-0.2, -0.15) is 0 Å². The number of amides is 1. The van der Waals surface area contributed by atoms with Gasteiger partial charge in [0.15, 0.2) is 0 Å². The van der Waals surface area contributed by atoms with Crippen molar-refractivity contribution in [3.8, 4) is 0 Å². The van der Waals surface area contributed by atoms with Gasteiger partial charge in [-0.3, -0.25) is 4.79 Å². The predicted molar refractivity (Wildman–Crippen MR) is 69.8 cm³/mol. The Morgan fingerprint density at radius 1 is 1.12 bits per heavy atom. The summed E-state index contributed by atoms with van der Waals surface area (Å²) in [6.45, 7) is 2.05. The standard InChI is InChI=1S/C14H26N2O/c17-14(16-11-12-5-1-2-6-12)9-8-13-7-3-4-10-15-13/h12-13,15H,1-11H2,(H,16,17). The Morgan fingerprint density at radius 2 is 1.88 bits per heavy atom. The van der Waals surface area contributed by atoms with Crippen molar-refractivity contribution >= 4 is 5.91 Å². The summed E-state index contributed by atoms with van der Waals surface area (Å²) in [5, 5.41) is 6.59. The second kappa shape index (κ2) is 7.00. The van der Waals surface area contributed by atoms with Gasteiger partial charge in [0, 0.05) is 19.0 Å². The molecule has 1 unspecified atom stereocenters. The molecule has 17 heavy (non-hydrogen) atoms. The minimum Gasteiger partial charge on any atom is -0.356 e. The first kappa shape index (κ1) is 12.9. The molecule has 1 heterocycles. The normalized spacial score (nSPS) is 26.0. The topological polar surface area (TPSA) is 41.1 Å². The van der Waals surface area contributed by atoms with E-state index in [4.69, 9.17) is 0 Å². The maximum absolute atomic E-state index is 11.7. The number of hydrogen-bond donors (Lipinski definition) is 2. The van der Waals surface area contributed by atoms with E-state index in [9.17, 15) is 4.79 Å². The van der Waals surface area contributed by atoms with Crippen molar-refractivity contribution in [2.24, 2.45) is 5.92 Å². The number of hydrogen-bond acceptors (Lipinski definition) is 2. The van der Waals surface area contributed by atoms with Crippen molar-refractivity contribution in [1.29, 1.82) is 0 Å². The largest absolute Gasteiger partial charge is 0.356 e. The van der Waals surface area contributed by atoms with Crippen LogP contribution in [0.4, 0.5) is 0 Å². The summed E-state index contributed by atoms with van der Waals surface area (Å²) < 4.78 is 0. The third-order valence-corrected chi connectivity index (χ3v) is 4.19. The number of carbonyl (C=O) groups excluding carboxylic acids is 1. The van der Waals surface area contributed by atoms with E-state index in [1.54, 1.807) is 0 Å². The van der Waals surface area contributed by atoms with Gasteiger partial charge in [-0.05, 0) is 44.6 Å². The first-order valence-corrected chi connectivity index (χ1v) is 7.34. The Labute approximate surface area is 105 Å². The van der Waals surface area contributed by atoms with E-state index in [0.717, 1.165) is 25.4 Å². The first-order chi connectivity index (χ1) is 8.34. The fraction of sp³-hybridized carbons (Fsp3) is 0.929. The maximum atomic E-state index is 11.7. The average molecular weight is 238 g/mol. The lowest BCUT2D eigenvalue weighted by Crippen LogP contribution is -2.36. The molecule has 1 aliphatic carbocycles. The molecule has 1 atom stereocenters. The molecule has 98 valence electrons. The van der Waals surface area contributed by atoms with E-state index in [1.165, 1.54) is 44.9 Å². The molecule has 2 rings (SSSR count). The van der Waals surface area contributed by atoms with Crippen LogP contribution in [0.3, 0.4) is 0 Å². The zero-order chi connectivity index (χ0) is 11.9. The third kappa shape index (κ3) is 4.66. The van der Waals surface area contributed by atoms with Gasteiger partial charge in [-0.25, -0.2) is 0 Å². The van der Waals surface area contributed by atoms with Crippen LogP contribution in [-0.4, -0.2) is 25.0 Å². The number of piperidine rings is 1. The first-order valence-electron chi connectivity index (χ1n) is 7.34. The molecular weight excluding hydrogens is 212 g/mol. The second-order valence-corrected chi connectivity index (χ2v) is 5.64. The van der Waals surface area contributed by atoms with Crippen molar-refractivity contribution in [2.75, 3.05) is 13.1 Å². The van der Waals surface area contributed by atoms with Gasteiger partial charge >= 0.3 is 0 Å². The molecule has 2 aliphatic rings. The molecule has 3 heteroatoms. The molecule has 2 fully saturated rings. The van der Waals surface area contributed by atoms with Crippen molar-refractivity contribution in [3.05, 3.63) is 0 Å². The van der Waals surface area contributed by atoms with Gasteiger partial charge in [0.25, 0.3) is 0 Å². The van der Waals surface area contributed by atoms with E-state index >= 15 is 0 Å². The second-order valence-electron chi connectivity index (χ2n) is 5.64. The van der Waals surface area contributed by atoms with E-state index in [0.29, 0.717) is 12.5 Å². The fourth-order valence-corrected chi connectivity index (χ4v) is 3.04. The highest BCUT2D eigenvalue weighted by Gasteiger charge is 2.17. The molecule has 1 aliphatic heterocycles. The lowest BCUT2D eigenvalue weighted by molar-refractivity contribution is -0.121. The van der Waals surface area contributed by atoms with Crippen LogP contribution in [0.1, 0.15) is 57.8 Å². The van der Waals surface area contributed by atoms with Crippen LogP contribution < -0.4 is 10.6 Å². The Hall–Kier alpha value is -0.570. The molecule has 0 aromatic carbocycles. The molecule has 0 spiro atoms. The van der Waals surface area contributed by atoms with E-state index in [-0.39, 0.29) is 5.91 Å². The Balaban J connectivity index is 1.53. The summed E-state index contributed by atoms with van der Waals surface area (Å²) in [6, 6.07) is 0.584. The van der Waals surface area contributed by atoms with Gasteiger partial charge < -0.3 is 10.6 Å².